The van der Waals surface area contributed by atoms with Crippen LogP contribution < -0.4 is 5.32 Å². The molecule has 2 atom stereocenters. The van der Waals surface area contributed by atoms with E-state index in [-0.39, 0.29) is 24.1 Å². The Morgan fingerprint density at radius 1 is 1.61 bits per heavy atom. The van der Waals surface area contributed by atoms with Crippen LogP contribution in [-0.4, -0.2) is 53.8 Å². The molecular weight excluding hydrogens is 248 g/mol. The monoisotopic (exact) mass is 274 g/mol. The van der Waals surface area contributed by atoms with Gasteiger partial charge in [0.25, 0.3) is 0 Å². The normalized spacial score (nSPS) is 25.9. The fraction of sp³-hybridized carbons (Fsp3) is 0.923. The summed E-state index contributed by atoms with van der Waals surface area (Å²) in [5, 5.41) is 12.5. The van der Waals surface area contributed by atoms with E-state index in [1.807, 2.05) is 11.8 Å². The second-order valence-corrected chi connectivity index (χ2v) is 6.41. The third-order valence-electron chi connectivity index (χ3n) is 3.64. The van der Waals surface area contributed by atoms with Crippen molar-refractivity contribution in [3.8, 4) is 0 Å². The fourth-order valence-corrected chi connectivity index (χ4v) is 3.07. The van der Waals surface area contributed by atoms with Crippen LogP contribution in [0, 0.1) is 5.41 Å². The van der Waals surface area contributed by atoms with Gasteiger partial charge in [-0.05, 0) is 25.5 Å². The van der Waals surface area contributed by atoms with Crippen LogP contribution in [0.4, 0.5) is 4.79 Å². The molecule has 1 saturated heterocycles. The molecule has 0 aliphatic carbocycles. The van der Waals surface area contributed by atoms with Crippen LogP contribution in [0.15, 0.2) is 0 Å². The van der Waals surface area contributed by atoms with E-state index in [2.05, 4.69) is 18.5 Å². The maximum absolute atomic E-state index is 12.2. The smallest absolute Gasteiger partial charge is 0.317 e. The van der Waals surface area contributed by atoms with Crippen LogP contribution in [0.5, 0.6) is 0 Å². The predicted molar refractivity (Wildman–Crippen MR) is 77.0 cm³/mol. The summed E-state index contributed by atoms with van der Waals surface area (Å²) in [6, 6.07) is 0.269. The van der Waals surface area contributed by atoms with E-state index in [1.54, 1.807) is 11.8 Å². The number of hydrogen-bond acceptors (Lipinski definition) is 3. The molecule has 2 amide bonds. The summed E-state index contributed by atoms with van der Waals surface area (Å²) in [6.07, 6.45) is 4.98. The van der Waals surface area contributed by atoms with Gasteiger partial charge in [0.15, 0.2) is 0 Å². The molecule has 0 aromatic carbocycles. The second-order valence-electron chi connectivity index (χ2n) is 5.50. The minimum atomic E-state index is -0.128. The number of aliphatic hydroxyl groups is 1. The first-order chi connectivity index (χ1) is 8.54. The molecule has 2 unspecified atom stereocenters. The molecule has 1 aliphatic rings. The van der Waals surface area contributed by atoms with Gasteiger partial charge in [-0.1, -0.05) is 13.8 Å². The van der Waals surface area contributed by atoms with E-state index < -0.39 is 0 Å². The van der Waals surface area contributed by atoms with E-state index >= 15 is 0 Å². The van der Waals surface area contributed by atoms with Gasteiger partial charge in [0.2, 0.25) is 0 Å². The maximum Gasteiger partial charge on any atom is 0.317 e. The standard InChI is InChI=1S/C13H26N2O2S/c1-4-11(8-18-3)14-12(17)15-7-5-6-13(2,9-15)10-16/h11,16H,4-10H2,1-3H3,(H,14,17). The molecule has 0 aromatic rings. The van der Waals surface area contributed by atoms with Gasteiger partial charge in [0, 0.05) is 30.3 Å². The van der Waals surface area contributed by atoms with Crippen LogP contribution in [0.25, 0.3) is 0 Å². The van der Waals surface area contributed by atoms with Crippen molar-refractivity contribution in [2.45, 2.75) is 39.2 Å². The summed E-state index contributed by atoms with van der Waals surface area (Å²) < 4.78 is 0. The number of carbonyl (C=O) groups excluding carboxylic acids is 1. The van der Waals surface area contributed by atoms with Crippen molar-refractivity contribution in [3.63, 3.8) is 0 Å². The molecule has 106 valence electrons. The highest BCUT2D eigenvalue weighted by molar-refractivity contribution is 7.98. The number of nitrogens with one attached hydrogen (secondary N) is 1. The molecule has 0 bridgehead atoms. The lowest BCUT2D eigenvalue weighted by molar-refractivity contribution is 0.0609. The summed E-state index contributed by atoms with van der Waals surface area (Å²) in [5.41, 5.74) is -0.128. The third kappa shape index (κ3) is 4.35. The quantitative estimate of drug-likeness (QED) is 0.805. The molecule has 1 aliphatic heterocycles. The van der Waals surface area contributed by atoms with Crippen LogP contribution >= 0.6 is 11.8 Å². The Morgan fingerprint density at radius 2 is 2.33 bits per heavy atom. The number of likely N-dealkylation sites (tertiary alicyclic amines) is 1. The molecule has 0 saturated carbocycles. The van der Waals surface area contributed by atoms with Crippen LogP contribution in [0.2, 0.25) is 0 Å². The summed E-state index contributed by atoms with van der Waals surface area (Å²) in [7, 11) is 0. The van der Waals surface area contributed by atoms with Gasteiger partial charge in [-0.2, -0.15) is 11.8 Å². The van der Waals surface area contributed by atoms with Gasteiger partial charge in [-0.25, -0.2) is 4.79 Å². The van der Waals surface area contributed by atoms with E-state index in [9.17, 15) is 9.90 Å². The van der Waals surface area contributed by atoms with Gasteiger partial charge in [0.1, 0.15) is 0 Å². The Labute approximate surface area is 115 Å². The number of hydrogen-bond donors (Lipinski definition) is 2. The molecule has 1 rings (SSSR count). The van der Waals surface area contributed by atoms with Gasteiger partial charge < -0.3 is 15.3 Å². The first kappa shape index (κ1) is 15.6. The number of carbonyl (C=O) groups is 1. The number of piperidine rings is 1. The SMILES string of the molecule is CCC(CSC)NC(=O)N1CCCC(C)(CO)C1. The Kier molecular flexibility index (Phi) is 6.29. The summed E-state index contributed by atoms with van der Waals surface area (Å²) >= 11 is 1.75. The Morgan fingerprint density at radius 3 is 2.89 bits per heavy atom. The number of aliphatic hydroxyl groups excluding tert-OH is 1. The zero-order valence-corrected chi connectivity index (χ0v) is 12.6. The minimum Gasteiger partial charge on any atom is -0.396 e. The van der Waals surface area contributed by atoms with Crippen molar-refractivity contribution in [1.82, 2.24) is 10.2 Å². The molecule has 0 aromatic heterocycles. The molecule has 1 heterocycles. The van der Waals surface area contributed by atoms with E-state index in [0.29, 0.717) is 6.54 Å². The van der Waals surface area contributed by atoms with Crippen molar-refractivity contribution >= 4 is 17.8 Å². The maximum atomic E-state index is 12.2. The summed E-state index contributed by atoms with van der Waals surface area (Å²) in [5.74, 6) is 0.952. The highest BCUT2D eigenvalue weighted by Gasteiger charge is 2.32. The average Bonchev–Trinajstić information content (AvgIpc) is 2.38. The number of nitrogens with zero attached hydrogens (tertiary/aromatic N) is 1. The summed E-state index contributed by atoms with van der Waals surface area (Å²) in [4.78, 5) is 14.0. The molecule has 4 nitrogen and oxygen atoms in total. The summed E-state index contributed by atoms with van der Waals surface area (Å²) in [6.45, 7) is 5.75. The topological polar surface area (TPSA) is 52.6 Å². The van der Waals surface area contributed by atoms with Crippen LogP contribution in [-0.2, 0) is 0 Å². The van der Waals surface area contributed by atoms with Gasteiger partial charge in [-0.15, -0.1) is 0 Å². The number of thioether (sulfide) groups is 1. The number of amides is 2. The molecule has 2 N–H and O–H groups in total. The fourth-order valence-electron chi connectivity index (χ4n) is 2.35. The Balaban J connectivity index is 2.50. The van der Waals surface area contributed by atoms with Crippen molar-refractivity contribution in [3.05, 3.63) is 0 Å². The van der Waals surface area contributed by atoms with E-state index in [1.165, 1.54) is 0 Å². The molecule has 1 fully saturated rings. The molecule has 0 spiro atoms. The minimum absolute atomic E-state index is 0.0234. The van der Waals surface area contributed by atoms with Crippen molar-refractivity contribution < 1.29 is 9.90 Å². The van der Waals surface area contributed by atoms with Gasteiger partial charge in [0.05, 0.1) is 6.61 Å². The van der Waals surface area contributed by atoms with E-state index in [0.717, 1.165) is 31.6 Å². The van der Waals surface area contributed by atoms with Crippen molar-refractivity contribution in [1.29, 1.82) is 0 Å². The zero-order chi connectivity index (χ0) is 13.6. The highest BCUT2D eigenvalue weighted by atomic mass is 32.2. The molecular formula is C13H26N2O2S. The Bertz CT molecular complexity index is 276. The van der Waals surface area contributed by atoms with E-state index in [4.69, 9.17) is 0 Å². The first-order valence-electron chi connectivity index (χ1n) is 6.70. The largest absolute Gasteiger partial charge is 0.396 e. The van der Waals surface area contributed by atoms with Crippen LogP contribution in [0.1, 0.15) is 33.1 Å². The van der Waals surface area contributed by atoms with Gasteiger partial charge >= 0.3 is 6.03 Å². The van der Waals surface area contributed by atoms with Gasteiger partial charge in [-0.3, -0.25) is 0 Å². The zero-order valence-electron chi connectivity index (χ0n) is 11.7. The second kappa shape index (κ2) is 7.24. The van der Waals surface area contributed by atoms with Crippen LogP contribution in [0.3, 0.4) is 0 Å². The molecule has 0 radical (unpaired) electrons. The third-order valence-corrected chi connectivity index (χ3v) is 4.37. The lowest BCUT2D eigenvalue weighted by Gasteiger charge is -2.39. The first-order valence-corrected chi connectivity index (χ1v) is 8.09. The predicted octanol–water partition coefficient (Wildman–Crippen LogP) is 1.93. The number of urea groups is 1. The average molecular weight is 274 g/mol. The van der Waals surface area contributed by atoms with Crippen molar-refractivity contribution in [2.75, 3.05) is 31.7 Å². The number of rotatable bonds is 5. The Hall–Kier alpha value is -0.420. The molecule has 5 heteroatoms. The highest BCUT2D eigenvalue weighted by Crippen LogP contribution is 2.28. The van der Waals surface area contributed by atoms with Crippen molar-refractivity contribution in [2.24, 2.45) is 5.41 Å². The lowest BCUT2D eigenvalue weighted by Crippen LogP contribution is -2.52. The molecule has 18 heavy (non-hydrogen) atoms. The lowest BCUT2D eigenvalue weighted by atomic mass is 9.83.